The number of H-pyrrole nitrogens is 2. The topological polar surface area (TPSA) is 93.9 Å². The first-order valence-electron chi connectivity index (χ1n) is 4.93. The summed E-state index contributed by atoms with van der Waals surface area (Å²) in [5, 5.41) is 8.69. The molecule has 1 rings (SSSR count). The molecule has 7 nitrogen and oxygen atoms in total. The van der Waals surface area contributed by atoms with Gasteiger partial charge < -0.3 is 10.2 Å². The van der Waals surface area contributed by atoms with Crippen molar-refractivity contribution in [2.45, 2.75) is 19.4 Å². The maximum absolute atomic E-state index is 11.3. The second-order valence-corrected chi connectivity index (χ2v) is 4.42. The zero-order valence-electron chi connectivity index (χ0n) is 9.92. The van der Waals surface area contributed by atoms with Crippen LogP contribution in [0.4, 0.5) is 5.82 Å². The summed E-state index contributed by atoms with van der Waals surface area (Å²) in [6.45, 7) is 4.60. The Hall–Kier alpha value is -1.63. The number of hydrogen-bond donors (Lipinski definition) is 3. The highest BCUT2D eigenvalue weighted by Crippen LogP contribution is 2.09. The van der Waals surface area contributed by atoms with E-state index in [0.29, 0.717) is 6.54 Å². The summed E-state index contributed by atoms with van der Waals surface area (Å²) in [6.07, 6.45) is 0. The molecule has 0 aromatic carbocycles. The Morgan fingerprint density at radius 2 is 2.00 bits per heavy atom. The molecule has 0 atom stereocenters. The highest BCUT2D eigenvalue weighted by molar-refractivity contribution is 5.29. The molecule has 16 heavy (non-hydrogen) atoms. The van der Waals surface area contributed by atoms with Crippen LogP contribution in [0.5, 0.6) is 0 Å². The Kier molecular flexibility index (Phi) is 3.48. The number of aromatic amines is 2. The van der Waals surface area contributed by atoms with Crippen molar-refractivity contribution in [3.05, 3.63) is 20.8 Å². The zero-order chi connectivity index (χ0) is 12.3. The van der Waals surface area contributed by atoms with Crippen LogP contribution in [-0.4, -0.2) is 46.3 Å². The molecule has 0 amide bonds. The number of likely N-dealkylation sites (N-methyl/N-ethyl adjacent to an activating group) is 1. The van der Waals surface area contributed by atoms with E-state index in [1.807, 2.05) is 32.8 Å². The zero-order valence-corrected chi connectivity index (χ0v) is 9.92. The minimum Gasteiger partial charge on any atom is -0.362 e. The number of hydrogen-bond acceptors (Lipinski definition) is 5. The van der Waals surface area contributed by atoms with E-state index in [1.165, 1.54) is 0 Å². The predicted octanol–water partition coefficient (Wildman–Crippen LogP) is -0.790. The van der Waals surface area contributed by atoms with Gasteiger partial charge in [-0.15, -0.1) is 5.10 Å². The fourth-order valence-electron chi connectivity index (χ4n) is 0.926. The number of nitrogens with zero attached hydrogens (tertiary/aromatic N) is 2. The lowest BCUT2D eigenvalue weighted by Gasteiger charge is -2.32. The molecule has 0 saturated heterocycles. The van der Waals surface area contributed by atoms with Crippen LogP contribution in [-0.2, 0) is 0 Å². The molecule has 3 N–H and O–H groups in total. The van der Waals surface area contributed by atoms with Crippen LogP contribution in [0.25, 0.3) is 0 Å². The smallest absolute Gasteiger partial charge is 0.342 e. The summed E-state index contributed by atoms with van der Waals surface area (Å²) in [7, 11) is 3.90. The molecule has 1 heterocycles. The normalized spacial score (nSPS) is 11.8. The maximum Gasteiger partial charge on any atom is 0.342 e. The van der Waals surface area contributed by atoms with Gasteiger partial charge in [0.05, 0.1) is 0 Å². The summed E-state index contributed by atoms with van der Waals surface area (Å²) >= 11 is 0. The first-order valence-corrected chi connectivity index (χ1v) is 4.93. The van der Waals surface area contributed by atoms with Gasteiger partial charge in [-0.05, 0) is 27.9 Å². The lowest BCUT2D eigenvalue weighted by atomic mass is 10.0. The second kappa shape index (κ2) is 4.48. The fraction of sp³-hybridized carbons (Fsp3) is 0.667. The lowest BCUT2D eigenvalue weighted by molar-refractivity contribution is 0.210. The maximum atomic E-state index is 11.3. The lowest BCUT2D eigenvalue weighted by Crippen LogP contribution is -2.45. The van der Waals surface area contributed by atoms with Crippen molar-refractivity contribution in [2.75, 3.05) is 26.0 Å². The van der Waals surface area contributed by atoms with Crippen molar-refractivity contribution in [2.24, 2.45) is 0 Å². The average Bonchev–Trinajstić information content (AvgIpc) is 2.16. The van der Waals surface area contributed by atoms with Gasteiger partial charge in [-0.2, -0.15) is 0 Å². The first kappa shape index (κ1) is 12.4. The number of aromatic nitrogens is 3. The van der Waals surface area contributed by atoms with Crippen LogP contribution in [0.2, 0.25) is 0 Å². The molecular formula is C9H17N5O2. The monoisotopic (exact) mass is 227 g/mol. The molecule has 0 spiro atoms. The van der Waals surface area contributed by atoms with Crippen molar-refractivity contribution in [3.63, 3.8) is 0 Å². The minimum absolute atomic E-state index is 0.120. The quantitative estimate of drug-likeness (QED) is 0.626. The van der Waals surface area contributed by atoms with Crippen LogP contribution < -0.4 is 16.6 Å². The molecule has 0 saturated carbocycles. The van der Waals surface area contributed by atoms with Crippen molar-refractivity contribution in [1.29, 1.82) is 0 Å². The summed E-state index contributed by atoms with van der Waals surface area (Å²) < 4.78 is 0. The molecule has 0 fully saturated rings. The molecule has 0 aliphatic rings. The minimum atomic E-state index is -0.609. The summed E-state index contributed by atoms with van der Waals surface area (Å²) in [6, 6.07) is 0. The molecule has 0 bridgehead atoms. The van der Waals surface area contributed by atoms with E-state index in [0.717, 1.165) is 0 Å². The van der Waals surface area contributed by atoms with Crippen molar-refractivity contribution in [3.8, 4) is 0 Å². The Labute approximate surface area is 92.9 Å². The van der Waals surface area contributed by atoms with Crippen LogP contribution in [0.15, 0.2) is 9.59 Å². The van der Waals surface area contributed by atoms with Crippen LogP contribution >= 0.6 is 0 Å². The predicted molar refractivity (Wildman–Crippen MR) is 61.7 cm³/mol. The number of rotatable bonds is 4. The van der Waals surface area contributed by atoms with E-state index >= 15 is 0 Å². The molecule has 0 aliphatic carbocycles. The highest BCUT2D eigenvalue weighted by Gasteiger charge is 2.20. The van der Waals surface area contributed by atoms with E-state index in [9.17, 15) is 9.59 Å². The van der Waals surface area contributed by atoms with Gasteiger partial charge in [0.25, 0.3) is 5.56 Å². The van der Waals surface area contributed by atoms with Gasteiger partial charge in [-0.3, -0.25) is 9.78 Å². The number of anilines is 1. The Bertz CT molecular complexity index is 459. The second-order valence-electron chi connectivity index (χ2n) is 4.42. The van der Waals surface area contributed by atoms with E-state index < -0.39 is 11.2 Å². The van der Waals surface area contributed by atoms with Gasteiger partial charge in [0.2, 0.25) is 5.82 Å². The molecule has 90 valence electrons. The third-order valence-electron chi connectivity index (χ3n) is 2.61. The van der Waals surface area contributed by atoms with Gasteiger partial charge in [-0.1, -0.05) is 0 Å². The van der Waals surface area contributed by atoms with Crippen molar-refractivity contribution < 1.29 is 0 Å². The number of nitrogens with one attached hydrogen (secondary N) is 3. The fourth-order valence-corrected chi connectivity index (χ4v) is 0.926. The van der Waals surface area contributed by atoms with Crippen molar-refractivity contribution >= 4 is 5.82 Å². The SMILES string of the molecule is CN(C)C(C)(C)CNc1n[nH]c(=O)[nH]c1=O. The first-order chi connectivity index (χ1) is 7.33. The highest BCUT2D eigenvalue weighted by atomic mass is 16.2. The standard InChI is InChI=1S/C9H17N5O2/c1-9(2,14(3)4)5-10-6-7(15)11-8(16)13-12-6/h5H2,1-4H3,(H,10,12)(H2,11,13,15,16). The van der Waals surface area contributed by atoms with Crippen LogP contribution in [0, 0.1) is 0 Å². The Morgan fingerprint density at radius 3 is 2.50 bits per heavy atom. The third kappa shape index (κ3) is 2.93. The summed E-state index contributed by atoms with van der Waals surface area (Å²) in [5.74, 6) is 0.120. The van der Waals surface area contributed by atoms with Crippen LogP contribution in [0.3, 0.4) is 0 Å². The third-order valence-corrected chi connectivity index (χ3v) is 2.61. The largest absolute Gasteiger partial charge is 0.362 e. The molecule has 0 radical (unpaired) electrons. The van der Waals surface area contributed by atoms with E-state index in [2.05, 4.69) is 20.5 Å². The Balaban J connectivity index is 2.76. The Morgan fingerprint density at radius 1 is 1.38 bits per heavy atom. The van der Waals surface area contributed by atoms with Gasteiger partial charge in [0.1, 0.15) is 0 Å². The molecule has 0 unspecified atom stereocenters. The van der Waals surface area contributed by atoms with Gasteiger partial charge >= 0.3 is 5.69 Å². The summed E-state index contributed by atoms with van der Waals surface area (Å²) in [5.41, 5.74) is -1.25. The van der Waals surface area contributed by atoms with Crippen molar-refractivity contribution in [1.82, 2.24) is 20.1 Å². The molecule has 1 aromatic rings. The van der Waals surface area contributed by atoms with Gasteiger partial charge in [0.15, 0.2) is 0 Å². The van der Waals surface area contributed by atoms with Gasteiger partial charge in [-0.25, -0.2) is 9.89 Å². The van der Waals surface area contributed by atoms with Gasteiger partial charge in [0, 0.05) is 12.1 Å². The molecule has 7 heteroatoms. The van der Waals surface area contributed by atoms with E-state index in [1.54, 1.807) is 0 Å². The molecule has 1 aromatic heterocycles. The average molecular weight is 227 g/mol. The van der Waals surface area contributed by atoms with E-state index in [4.69, 9.17) is 0 Å². The van der Waals surface area contributed by atoms with Crippen LogP contribution in [0.1, 0.15) is 13.8 Å². The molecule has 0 aliphatic heterocycles. The van der Waals surface area contributed by atoms with E-state index in [-0.39, 0.29) is 11.4 Å². The summed E-state index contributed by atoms with van der Waals surface area (Å²) in [4.78, 5) is 26.2. The molecular weight excluding hydrogens is 210 g/mol.